The minimum Gasteiger partial charge on any atom is -0.497 e. The molecule has 0 amide bonds. The number of H-pyrrole nitrogens is 1. The summed E-state index contributed by atoms with van der Waals surface area (Å²) in [7, 11) is 1.37. The molecule has 2 fully saturated rings. The number of hydrogen-bond acceptors (Lipinski definition) is 13. The minimum absolute atomic E-state index is 0.0122. The Hall–Kier alpha value is -7.32. The van der Waals surface area contributed by atoms with Gasteiger partial charge in [-0.1, -0.05) is 108 Å². The highest BCUT2D eigenvalue weighted by molar-refractivity contribution is 7.44. The molecule has 75 heavy (non-hydrogen) atoms. The molecule has 2 bridgehead atoms. The Morgan fingerprint density at radius 2 is 1.43 bits per heavy atom. The van der Waals surface area contributed by atoms with Crippen LogP contribution >= 0.6 is 8.53 Å². The first-order chi connectivity index (χ1) is 36.5. The van der Waals surface area contributed by atoms with Gasteiger partial charge in [-0.3, -0.25) is 14.3 Å². The molecule has 2 aliphatic rings. The number of ether oxygens (including phenoxy) is 5. The fourth-order valence-corrected chi connectivity index (χ4v) is 12.7. The molecular weight excluding hydrogens is 970 g/mol. The van der Waals surface area contributed by atoms with E-state index in [0.29, 0.717) is 11.5 Å². The van der Waals surface area contributed by atoms with Crippen molar-refractivity contribution in [2.24, 2.45) is 0 Å². The number of aromatic amines is 1. The summed E-state index contributed by atoms with van der Waals surface area (Å²) in [5, 5.41) is 25.2. The zero-order chi connectivity index (χ0) is 52.0. The molecule has 0 spiro atoms. The van der Waals surface area contributed by atoms with Crippen LogP contribution in [0.25, 0.3) is 49.3 Å². The summed E-state index contributed by atoms with van der Waals surface area (Å²) in [5.41, 5.74) is -0.532. The molecule has 0 saturated carbocycles. The van der Waals surface area contributed by atoms with Crippen LogP contribution in [0.2, 0.25) is 0 Å². The van der Waals surface area contributed by atoms with Crippen LogP contribution in [-0.2, 0) is 28.9 Å². The molecular formula is C58H56N7O9P. The number of nitrogens with zero attached hydrogens (tertiary/aromatic N) is 6. The van der Waals surface area contributed by atoms with Gasteiger partial charge in [0.05, 0.1) is 64.0 Å². The highest BCUT2D eigenvalue weighted by atomic mass is 31.2. The van der Waals surface area contributed by atoms with E-state index in [1.54, 1.807) is 25.1 Å². The van der Waals surface area contributed by atoms with E-state index in [4.69, 9.17) is 32.7 Å². The van der Waals surface area contributed by atoms with Crippen LogP contribution in [0.1, 0.15) is 57.0 Å². The molecule has 2 aliphatic heterocycles. The Kier molecular flexibility index (Phi) is 13.6. The predicted molar refractivity (Wildman–Crippen MR) is 286 cm³/mol. The van der Waals surface area contributed by atoms with Crippen LogP contribution in [0.5, 0.6) is 11.5 Å². The van der Waals surface area contributed by atoms with Crippen LogP contribution in [0.15, 0.2) is 155 Å². The maximum absolute atomic E-state index is 14.3. The van der Waals surface area contributed by atoms with Crippen LogP contribution < -0.4 is 20.7 Å². The zero-order valence-corrected chi connectivity index (χ0v) is 43.3. The van der Waals surface area contributed by atoms with Gasteiger partial charge in [0.1, 0.15) is 40.6 Å². The van der Waals surface area contributed by atoms with Gasteiger partial charge >= 0.3 is 5.69 Å². The van der Waals surface area contributed by atoms with E-state index in [1.807, 2.05) is 84.9 Å². The Balaban J connectivity index is 1.01. The van der Waals surface area contributed by atoms with Gasteiger partial charge < -0.3 is 32.7 Å². The van der Waals surface area contributed by atoms with Gasteiger partial charge in [-0.15, -0.1) is 5.10 Å². The van der Waals surface area contributed by atoms with Gasteiger partial charge in [0, 0.05) is 23.7 Å². The lowest BCUT2D eigenvalue weighted by Gasteiger charge is -2.41. The number of nitrogens with one attached hydrogen (secondary N) is 1. The lowest BCUT2D eigenvalue weighted by atomic mass is 9.79. The lowest BCUT2D eigenvalue weighted by molar-refractivity contribution is -0.203. The highest BCUT2D eigenvalue weighted by Gasteiger charge is 2.65. The van der Waals surface area contributed by atoms with Gasteiger partial charge in [-0.25, -0.2) is 14.1 Å². The van der Waals surface area contributed by atoms with Crippen LogP contribution in [0.3, 0.4) is 0 Å². The quantitative estimate of drug-likeness (QED) is 0.0351. The second-order valence-corrected chi connectivity index (χ2v) is 20.8. The first-order valence-electron chi connectivity index (χ1n) is 24.9. The van der Waals surface area contributed by atoms with Gasteiger partial charge in [0.2, 0.25) is 0 Å². The average molecular weight is 1030 g/mol. The molecule has 5 atom stereocenters. The van der Waals surface area contributed by atoms with Crippen molar-refractivity contribution in [1.82, 2.24) is 29.2 Å². The van der Waals surface area contributed by atoms with Crippen molar-refractivity contribution in [2.45, 2.75) is 75.8 Å². The van der Waals surface area contributed by atoms with Gasteiger partial charge in [-0.2, -0.15) is 5.26 Å². The summed E-state index contributed by atoms with van der Waals surface area (Å²) in [4.78, 5) is 30.7. The summed E-state index contributed by atoms with van der Waals surface area (Å²) in [6.45, 7) is 8.25. The van der Waals surface area contributed by atoms with E-state index in [2.05, 4.69) is 102 Å². The van der Waals surface area contributed by atoms with Crippen molar-refractivity contribution in [3.63, 3.8) is 0 Å². The molecule has 7 aromatic carbocycles. The largest absolute Gasteiger partial charge is 0.497 e. The lowest BCUT2D eigenvalue weighted by Crippen LogP contribution is -2.49. The SMILES string of the molecule is COc1ccc(C(OC[C@]23CO[C@H]([C@H](n4cc(-c5cn(-c6ccc7ccc8cccc9ccc6c7c89)nn5)c(=O)[nH]c4=O)O2)[C@H]3OP(OCCC#N)N(C(C)C)C(C)C)(c2ccccc2)c2ccc(OC)cc2)cc1. The molecule has 11 rings (SSSR count). The van der Waals surface area contributed by atoms with E-state index in [-0.39, 0.29) is 49.6 Å². The maximum atomic E-state index is 14.3. The topological polar surface area (TPSA) is 177 Å². The minimum atomic E-state index is -1.87. The summed E-state index contributed by atoms with van der Waals surface area (Å²) < 4.78 is 51.5. The van der Waals surface area contributed by atoms with Gasteiger partial charge in [0.25, 0.3) is 14.1 Å². The predicted octanol–water partition coefficient (Wildman–Crippen LogP) is 10.0. The summed E-state index contributed by atoms with van der Waals surface area (Å²) in [6.07, 6.45) is 0.308. The van der Waals surface area contributed by atoms with Gasteiger partial charge in [-0.05, 0) is 102 Å². The van der Waals surface area contributed by atoms with Crippen molar-refractivity contribution in [2.75, 3.05) is 34.0 Å². The third-order valence-electron chi connectivity index (χ3n) is 14.3. The average Bonchev–Trinajstić information content (AvgIpc) is 4.16. The fraction of sp³-hybridized carbons (Fsp3) is 0.293. The molecule has 17 heteroatoms. The van der Waals surface area contributed by atoms with E-state index >= 15 is 0 Å². The number of fused-ring (bicyclic) bond motifs is 2. The molecule has 0 radical (unpaired) electrons. The summed E-state index contributed by atoms with van der Waals surface area (Å²) >= 11 is 0. The molecule has 9 aromatic rings. The van der Waals surface area contributed by atoms with E-state index in [0.717, 1.165) is 54.7 Å². The standard InChI is InChI=1S/C58H56N7O9P/c1-36(2)65(37(3)4)75(72-31-11-30-59)74-53-52-55(73-57(53,34-70-52)35-71-58(41-14-8-7-9-15-41,42-20-24-44(68-5)25-21-42)43-22-26-45(69-6)27-23-43)63-32-47(54(66)60-56(63)67)48-33-64(62-61-48)49-29-19-40-17-16-38-12-10-13-39-18-28-46(49)51(40)50(38)39/h7-10,12-29,32-33,36-37,52-53,55H,11,31,34-35H2,1-6H3,(H,60,66,67)/t52-,53+,55+,57-,75?/m0/s1. The van der Waals surface area contributed by atoms with Gasteiger partial charge in [0.15, 0.2) is 6.23 Å². The summed E-state index contributed by atoms with van der Waals surface area (Å²) in [6, 6.07) is 46.2. The maximum Gasteiger partial charge on any atom is 0.330 e. The van der Waals surface area contributed by atoms with Crippen LogP contribution in [0, 0.1) is 11.3 Å². The fourth-order valence-electron chi connectivity index (χ4n) is 10.9. The van der Waals surface area contributed by atoms with Crippen molar-refractivity contribution >= 4 is 40.8 Å². The highest BCUT2D eigenvalue weighted by Crippen LogP contribution is 2.56. The van der Waals surface area contributed by atoms with Crippen molar-refractivity contribution in [3.8, 4) is 34.5 Å². The Bertz CT molecular complexity index is 3580. The smallest absolute Gasteiger partial charge is 0.330 e. The third-order valence-corrected chi connectivity index (χ3v) is 16.4. The van der Waals surface area contributed by atoms with E-state index in [9.17, 15) is 14.9 Å². The Morgan fingerprint density at radius 1 is 0.800 bits per heavy atom. The molecule has 1 unspecified atom stereocenters. The van der Waals surface area contributed by atoms with Crippen molar-refractivity contribution in [3.05, 3.63) is 183 Å². The molecule has 2 aromatic heterocycles. The van der Waals surface area contributed by atoms with Crippen LogP contribution in [-0.4, -0.2) is 93.1 Å². The number of benzene rings is 7. The normalized spacial score (nSPS) is 19.0. The second-order valence-electron chi connectivity index (χ2n) is 19.4. The number of aromatic nitrogens is 5. The molecule has 1 N–H and O–H groups in total. The van der Waals surface area contributed by atoms with Crippen molar-refractivity contribution < 1.29 is 32.7 Å². The third kappa shape index (κ3) is 8.84. The number of hydrogen-bond donors (Lipinski definition) is 1. The summed E-state index contributed by atoms with van der Waals surface area (Å²) in [5.74, 6) is 1.34. The van der Waals surface area contributed by atoms with E-state index in [1.165, 1.54) is 10.8 Å². The van der Waals surface area contributed by atoms with Crippen LogP contribution in [0.4, 0.5) is 0 Å². The molecule has 2 saturated heterocycles. The molecule has 4 heterocycles. The number of nitriles is 1. The Labute approximate surface area is 434 Å². The first-order valence-corrected chi connectivity index (χ1v) is 26.1. The molecule has 16 nitrogen and oxygen atoms in total. The number of methoxy groups -OCH3 is 2. The molecule has 382 valence electrons. The first kappa shape index (κ1) is 49.9. The monoisotopic (exact) mass is 1030 g/mol. The molecule has 0 aliphatic carbocycles. The Morgan fingerprint density at radius 3 is 2.07 bits per heavy atom. The van der Waals surface area contributed by atoms with Crippen molar-refractivity contribution in [1.29, 1.82) is 5.26 Å². The zero-order valence-electron chi connectivity index (χ0n) is 42.4. The van der Waals surface area contributed by atoms with E-state index < -0.39 is 49.4 Å². The second kappa shape index (κ2) is 20.4. The number of rotatable bonds is 19.